The molecular formula is C18H27IN2O3. The number of halogens is 1. The second-order valence-corrected chi connectivity index (χ2v) is 7.03. The van der Waals surface area contributed by atoms with Crippen molar-refractivity contribution < 1.29 is 14.7 Å². The number of benzene rings is 1. The molecule has 1 rings (SSSR count). The van der Waals surface area contributed by atoms with Crippen LogP contribution in [-0.4, -0.2) is 27.5 Å². The Kier molecular flexibility index (Phi) is 10.7. The SMILES string of the molecule is N[C@@H](Cc1ccc(NC(=O)CCCCCCCCI)cc1)C(=O)O. The van der Waals surface area contributed by atoms with Crippen molar-refractivity contribution in [1.29, 1.82) is 0 Å². The first-order valence-corrected chi connectivity index (χ1v) is 9.98. The van der Waals surface area contributed by atoms with Crippen molar-refractivity contribution in [2.75, 3.05) is 9.74 Å². The highest BCUT2D eigenvalue weighted by Gasteiger charge is 2.12. The molecule has 0 aromatic heterocycles. The summed E-state index contributed by atoms with van der Waals surface area (Å²) in [5, 5.41) is 11.7. The van der Waals surface area contributed by atoms with E-state index in [4.69, 9.17) is 10.8 Å². The molecule has 0 saturated carbocycles. The molecule has 4 N–H and O–H groups in total. The van der Waals surface area contributed by atoms with Crippen LogP contribution in [0.3, 0.4) is 0 Å². The van der Waals surface area contributed by atoms with Gasteiger partial charge in [-0.15, -0.1) is 0 Å². The van der Waals surface area contributed by atoms with Gasteiger partial charge in [-0.05, 0) is 41.4 Å². The molecule has 0 fully saturated rings. The van der Waals surface area contributed by atoms with Crippen molar-refractivity contribution in [3.05, 3.63) is 29.8 Å². The molecule has 134 valence electrons. The summed E-state index contributed by atoms with van der Waals surface area (Å²) >= 11 is 2.40. The Balaban J connectivity index is 2.23. The summed E-state index contributed by atoms with van der Waals surface area (Å²) in [4.78, 5) is 22.6. The average Bonchev–Trinajstić information content (AvgIpc) is 2.55. The van der Waals surface area contributed by atoms with Crippen LogP contribution >= 0.6 is 22.6 Å². The predicted molar refractivity (Wildman–Crippen MR) is 106 cm³/mol. The first-order valence-electron chi connectivity index (χ1n) is 8.46. The van der Waals surface area contributed by atoms with E-state index in [1.807, 2.05) is 0 Å². The Hall–Kier alpha value is -1.15. The molecule has 24 heavy (non-hydrogen) atoms. The average molecular weight is 446 g/mol. The molecule has 1 aromatic carbocycles. The lowest BCUT2D eigenvalue weighted by Gasteiger charge is -2.08. The van der Waals surface area contributed by atoms with E-state index in [1.54, 1.807) is 24.3 Å². The number of carbonyl (C=O) groups is 2. The topological polar surface area (TPSA) is 92.4 Å². The normalized spacial score (nSPS) is 11.9. The Bertz CT molecular complexity index is 505. The molecule has 0 heterocycles. The number of hydrogen-bond donors (Lipinski definition) is 3. The molecule has 0 aliphatic heterocycles. The molecule has 6 heteroatoms. The van der Waals surface area contributed by atoms with Crippen molar-refractivity contribution in [2.24, 2.45) is 5.73 Å². The zero-order valence-corrected chi connectivity index (χ0v) is 16.1. The van der Waals surface area contributed by atoms with Crippen LogP contribution in [0.4, 0.5) is 5.69 Å². The number of hydrogen-bond acceptors (Lipinski definition) is 3. The Morgan fingerprint density at radius 3 is 2.21 bits per heavy atom. The van der Waals surface area contributed by atoms with Crippen molar-refractivity contribution in [3.63, 3.8) is 0 Å². The number of amides is 1. The molecular weight excluding hydrogens is 419 g/mol. The number of aliphatic carboxylic acids is 1. The van der Waals surface area contributed by atoms with Crippen molar-refractivity contribution in [3.8, 4) is 0 Å². The van der Waals surface area contributed by atoms with Crippen molar-refractivity contribution in [1.82, 2.24) is 0 Å². The minimum atomic E-state index is -1.01. The van der Waals surface area contributed by atoms with Gasteiger partial charge in [-0.25, -0.2) is 0 Å². The van der Waals surface area contributed by atoms with Gasteiger partial charge in [0.05, 0.1) is 0 Å². The summed E-state index contributed by atoms with van der Waals surface area (Å²) in [6.07, 6.45) is 7.86. The van der Waals surface area contributed by atoms with Crippen LogP contribution in [-0.2, 0) is 16.0 Å². The Morgan fingerprint density at radius 1 is 1.04 bits per heavy atom. The van der Waals surface area contributed by atoms with Crippen LogP contribution in [0.15, 0.2) is 24.3 Å². The lowest BCUT2D eigenvalue weighted by Crippen LogP contribution is -2.32. The maximum absolute atomic E-state index is 11.9. The molecule has 5 nitrogen and oxygen atoms in total. The van der Waals surface area contributed by atoms with Crippen molar-refractivity contribution in [2.45, 2.75) is 57.4 Å². The predicted octanol–water partition coefficient (Wildman–Crippen LogP) is 3.75. The third-order valence-corrected chi connectivity index (χ3v) is 4.56. The zero-order chi connectivity index (χ0) is 17.8. The van der Waals surface area contributed by atoms with Crippen LogP contribution in [0.2, 0.25) is 0 Å². The number of unbranched alkanes of at least 4 members (excludes halogenated alkanes) is 5. The number of carboxylic acids is 1. The summed E-state index contributed by atoms with van der Waals surface area (Å²) in [7, 11) is 0. The number of carboxylic acid groups (broad SMARTS) is 1. The number of carbonyl (C=O) groups excluding carboxylic acids is 1. The lowest BCUT2D eigenvalue weighted by molar-refractivity contribution is -0.138. The number of nitrogens with one attached hydrogen (secondary N) is 1. The van der Waals surface area contributed by atoms with Gasteiger partial charge in [-0.1, -0.05) is 60.4 Å². The van der Waals surface area contributed by atoms with E-state index in [0.717, 1.165) is 24.1 Å². The quantitative estimate of drug-likeness (QED) is 0.259. The maximum Gasteiger partial charge on any atom is 0.320 e. The van der Waals surface area contributed by atoms with Crippen LogP contribution in [0, 0.1) is 0 Å². The summed E-state index contributed by atoms with van der Waals surface area (Å²) in [5.74, 6) is -0.987. The molecule has 0 spiro atoms. The first kappa shape index (κ1) is 20.9. The van der Waals surface area contributed by atoms with Crippen LogP contribution in [0.5, 0.6) is 0 Å². The zero-order valence-electron chi connectivity index (χ0n) is 14.0. The highest BCUT2D eigenvalue weighted by Crippen LogP contribution is 2.13. The van der Waals surface area contributed by atoms with E-state index in [1.165, 1.54) is 30.1 Å². The van der Waals surface area contributed by atoms with Crippen LogP contribution in [0.1, 0.15) is 50.5 Å². The molecule has 1 atom stereocenters. The molecule has 0 aliphatic carbocycles. The van der Waals surface area contributed by atoms with Crippen LogP contribution < -0.4 is 11.1 Å². The Morgan fingerprint density at radius 2 is 1.62 bits per heavy atom. The molecule has 0 aliphatic rings. The number of nitrogens with two attached hydrogens (primary N) is 1. The highest BCUT2D eigenvalue weighted by atomic mass is 127. The second-order valence-electron chi connectivity index (χ2n) is 5.95. The van der Waals surface area contributed by atoms with Gasteiger partial charge < -0.3 is 16.2 Å². The van der Waals surface area contributed by atoms with E-state index < -0.39 is 12.0 Å². The van der Waals surface area contributed by atoms with Gasteiger partial charge >= 0.3 is 5.97 Å². The smallest absolute Gasteiger partial charge is 0.320 e. The Labute approximate surface area is 157 Å². The van der Waals surface area contributed by atoms with E-state index in [9.17, 15) is 9.59 Å². The standard InChI is InChI=1S/C18H27IN2O3/c19-12-6-4-2-1-3-5-7-17(22)21-15-10-8-14(9-11-15)13-16(20)18(23)24/h8-11,16H,1-7,12-13,20H2,(H,21,22)(H,23,24)/t16-/m0/s1. The monoisotopic (exact) mass is 446 g/mol. The van der Waals surface area contributed by atoms with Gasteiger partial charge in [-0.3, -0.25) is 9.59 Å². The third-order valence-electron chi connectivity index (χ3n) is 3.80. The fourth-order valence-corrected chi connectivity index (χ4v) is 2.92. The minimum Gasteiger partial charge on any atom is -0.480 e. The number of alkyl halides is 1. The summed E-state index contributed by atoms with van der Waals surface area (Å²) in [6.45, 7) is 0. The molecule has 0 unspecified atom stereocenters. The van der Waals surface area contributed by atoms with Crippen LogP contribution in [0.25, 0.3) is 0 Å². The van der Waals surface area contributed by atoms with Gasteiger partial charge in [-0.2, -0.15) is 0 Å². The largest absolute Gasteiger partial charge is 0.480 e. The van der Waals surface area contributed by atoms with Gasteiger partial charge in [0, 0.05) is 12.1 Å². The summed E-state index contributed by atoms with van der Waals surface area (Å²) in [6, 6.07) is 6.26. The minimum absolute atomic E-state index is 0.0252. The van der Waals surface area contributed by atoms with E-state index in [2.05, 4.69) is 27.9 Å². The van der Waals surface area contributed by atoms with Gasteiger partial charge in [0.2, 0.25) is 5.91 Å². The lowest BCUT2D eigenvalue weighted by atomic mass is 10.1. The van der Waals surface area contributed by atoms with E-state index in [0.29, 0.717) is 6.42 Å². The molecule has 0 saturated heterocycles. The van der Waals surface area contributed by atoms with Gasteiger partial charge in [0.25, 0.3) is 0 Å². The molecule has 1 amide bonds. The molecule has 1 aromatic rings. The fraction of sp³-hybridized carbons (Fsp3) is 0.556. The number of rotatable bonds is 12. The fourth-order valence-electron chi connectivity index (χ4n) is 2.38. The van der Waals surface area contributed by atoms with E-state index in [-0.39, 0.29) is 12.3 Å². The first-order chi connectivity index (χ1) is 11.5. The maximum atomic E-state index is 11.9. The molecule has 0 radical (unpaired) electrons. The number of anilines is 1. The van der Waals surface area contributed by atoms with Gasteiger partial charge in [0.1, 0.15) is 6.04 Å². The van der Waals surface area contributed by atoms with E-state index >= 15 is 0 Å². The summed E-state index contributed by atoms with van der Waals surface area (Å²) in [5.41, 5.74) is 7.08. The van der Waals surface area contributed by atoms with Crippen molar-refractivity contribution >= 4 is 40.2 Å². The third kappa shape index (κ3) is 9.22. The summed E-state index contributed by atoms with van der Waals surface area (Å²) < 4.78 is 1.22. The second kappa shape index (κ2) is 12.2. The molecule has 0 bridgehead atoms. The highest BCUT2D eigenvalue weighted by molar-refractivity contribution is 14.1. The van der Waals surface area contributed by atoms with Gasteiger partial charge in [0.15, 0.2) is 0 Å².